The standard InChI is InChI=1S/C21H31N3O5S/c1-3-29-13-7-10-22-21(26)20-15-17-14-18(8-9-19(17)24(20)16(2)25)30(27,28)23-11-5-4-6-12-23/h8-9,14,20H,3-7,10-13,15H2,1-2H3,(H,22,26). The van der Waals surface area contributed by atoms with Crippen LogP contribution in [0.25, 0.3) is 0 Å². The van der Waals surface area contributed by atoms with Crippen LogP contribution in [0.2, 0.25) is 0 Å². The second kappa shape index (κ2) is 9.89. The zero-order chi connectivity index (χ0) is 21.7. The summed E-state index contributed by atoms with van der Waals surface area (Å²) in [7, 11) is -3.57. The first-order valence-electron chi connectivity index (χ1n) is 10.6. The van der Waals surface area contributed by atoms with Crippen LogP contribution < -0.4 is 10.2 Å². The van der Waals surface area contributed by atoms with Gasteiger partial charge in [-0.1, -0.05) is 6.42 Å². The van der Waals surface area contributed by atoms with Crippen LogP contribution in [0.5, 0.6) is 0 Å². The van der Waals surface area contributed by atoms with Crippen LogP contribution >= 0.6 is 0 Å². The molecule has 30 heavy (non-hydrogen) atoms. The summed E-state index contributed by atoms with van der Waals surface area (Å²) in [5, 5.41) is 2.86. The van der Waals surface area contributed by atoms with Crippen LogP contribution in [0.4, 0.5) is 5.69 Å². The molecule has 0 saturated carbocycles. The molecule has 1 saturated heterocycles. The number of carbonyl (C=O) groups is 2. The molecule has 1 atom stereocenters. The predicted octanol–water partition coefficient (Wildman–Crippen LogP) is 1.68. The maximum absolute atomic E-state index is 13.0. The molecule has 1 aromatic carbocycles. The number of hydrogen-bond acceptors (Lipinski definition) is 5. The van der Waals surface area contributed by atoms with Gasteiger partial charge in [-0.2, -0.15) is 4.31 Å². The van der Waals surface area contributed by atoms with Gasteiger partial charge in [-0.05, 0) is 49.9 Å². The van der Waals surface area contributed by atoms with E-state index in [-0.39, 0.29) is 16.7 Å². The largest absolute Gasteiger partial charge is 0.382 e. The molecule has 0 aromatic heterocycles. The van der Waals surface area contributed by atoms with Gasteiger partial charge in [0, 0.05) is 51.9 Å². The molecule has 1 N–H and O–H groups in total. The molecule has 9 heteroatoms. The third kappa shape index (κ3) is 4.84. The Bertz CT molecular complexity index is 881. The molecule has 0 radical (unpaired) electrons. The van der Waals surface area contributed by atoms with E-state index in [0.29, 0.717) is 56.9 Å². The Morgan fingerprint density at radius 1 is 1.20 bits per heavy atom. The van der Waals surface area contributed by atoms with Crippen LogP contribution in [-0.4, -0.2) is 63.4 Å². The lowest BCUT2D eigenvalue weighted by Crippen LogP contribution is -2.47. The lowest BCUT2D eigenvalue weighted by atomic mass is 10.1. The van der Waals surface area contributed by atoms with Gasteiger partial charge in [0.2, 0.25) is 21.8 Å². The summed E-state index contributed by atoms with van der Waals surface area (Å²) in [5.74, 6) is -0.479. The Morgan fingerprint density at radius 2 is 1.93 bits per heavy atom. The van der Waals surface area contributed by atoms with Gasteiger partial charge in [-0.25, -0.2) is 8.42 Å². The number of nitrogens with one attached hydrogen (secondary N) is 1. The maximum atomic E-state index is 13.0. The molecule has 1 aromatic rings. The highest BCUT2D eigenvalue weighted by molar-refractivity contribution is 7.89. The van der Waals surface area contributed by atoms with E-state index >= 15 is 0 Å². The van der Waals surface area contributed by atoms with E-state index in [4.69, 9.17) is 4.74 Å². The van der Waals surface area contributed by atoms with Gasteiger partial charge in [0.05, 0.1) is 4.90 Å². The Morgan fingerprint density at radius 3 is 2.60 bits per heavy atom. The van der Waals surface area contributed by atoms with Crippen LogP contribution in [0.15, 0.2) is 23.1 Å². The number of carbonyl (C=O) groups excluding carboxylic acids is 2. The molecule has 3 rings (SSSR count). The van der Waals surface area contributed by atoms with Crippen molar-refractivity contribution in [3.8, 4) is 0 Å². The van der Waals surface area contributed by atoms with Gasteiger partial charge in [0.1, 0.15) is 6.04 Å². The molecular formula is C21H31N3O5S. The molecule has 8 nitrogen and oxygen atoms in total. The van der Waals surface area contributed by atoms with Crippen LogP contribution in [0.1, 0.15) is 45.1 Å². The second-order valence-corrected chi connectivity index (χ2v) is 9.64. The average molecular weight is 438 g/mol. The van der Waals surface area contributed by atoms with Crippen molar-refractivity contribution in [2.75, 3.05) is 37.7 Å². The van der Waals surface area contributed by atoms with Crippen molar-refractivity contribution < 1.29 is 22.7 Å². The number of sulfonamides is 1. The van der Waals surface area contributed by atoms with Crippen molar-refractivity contribution in [1.29, 1.82) is 0 Å². The molecule has 166 valence electrons. The smallest absolute Gasteiger partial charge is 0.243 e. The molecule has 2 heterocycles. The van der Waals surface area contributed by atoms with Crippen LogP contribution in [0, 0.1) is 0 Å². The number of ether oxygens (including phenoxy) is 1. The summed E-state index contributed by atoms with van der Waals surface area (Å²) in [6.07, 6.45) is 3.78. The number of benzene rings is 1. The van der Waals surface area contributed by atoms with Gasteiger partial charge in [0.25, 0.3) is 0 Å². The highest BCUT2D eigenvalue weighted by Crippen LogP contribution is 2.35. The summed E-state index contributed by atoms with van der Waals surface area (Å²) in [4.78, 5) is 26.7. The highest BCUT2D eigenvalue weighted by atomic mass is 32.2. The zero-order valence-corrected chi connectivity index (χ0v) is 18.5. The van der Waals surface area contributed by atoms with Crippen molar-refractivity contribution in [3.05, 3.63) is 23.8 Å². The lowest BCUT2D eigenvalue weighted by molar-refractivity contribution is -0.125. The fourth-order valence-electron chi connectivity index (χ4n) is 4.09. The SMILES string of the molecule is CCOCCCNC(=O)C1Cc2cc(S(=O)(=O)N3CCCCC3)ccc2N1C(C)=O. The maximum Gasteiger partial charge on any atom is 0.243 e. The first-order valence-corrected chi connectivity index (χ1v) is 12.1. The molecule has 2 aliphatic heterocycles. The van der Waals surface area contributed by atoms with Crippen LogP contribution in [-0.2, 0) is 30.8 Å². The van der Waals surface area contributed by atoms with Gasteiger partial charge in [-0.3, -0.25) is 14.5 Å². The van der Waals surface area contributed by atoms with Crippen LogP contribution in [0.3, 0.4) is 0 Å². The van der Waals surface area contributed by atoms with E-state index in [1.165, 1.54) is 16.1 Å². The molecule has 2 aliphatic rings. The van der Waals surface area contributed by atoms with Crippen molar-refractivity contribution in [3.63, 3.8) is 0 Å². The number of fused-ring (bicyclic) bond motifs is 1. The summed E-state index contributed by atoms with van der Waals surface area (Å²) in [5.41, 5.74) is 1.31. The van der Waals surface area contributed by atoms with Crippen molar-refractivity contribution in [1.82, 2.24) is 9.62 Å². The number of nitrogens with zero attached hydrogens (tertiary/aromatic N) is 2. The summed E-state index contributed by atoms with van der Waals surface area (Å²) >= 11 is 0. The molecule has 0 aliphatic carbocycles. The lowest BCUT2D eigenvalue weighted by Gasteiger charge is -2.26. The first kappa shape index (κ1) is 22.7. The molecule has 0 bridgehead atoms. The van der Waals surface area contributed by atoms with E-state index in [2.05, 4.69) is 5.32 Å². The molecular weight excluding hydrogens is 406 g/mol. The Labute approximate surface area is 178 Å². The van der Waals surface area contributed by atoms with Crippen molar-refractivity contribution >= 4 is 27.5 Å². The topological polar surface area (TPSA) is 96.0 Å². The first-order chi connectivity index (χ1) is 14.4. The molecule has 1 unspecified atom stereocenters. The Balaban J connectivity index is 1.76. The number of rotatable bonds is 8. The highest BCUT2D eigenvalue weighted by Gasteiger charge is 2.38. The Kier molecular flexibility index (Phi) is 7.49. The third-order valence-electron chi connectivity index (χ3n) is 5.60. The quantitative estimate of drug-likeness (QED) is 0.625. The number of hydrogen-bond donors (Lipinski definition) is 1. The van der Waals surface area contributed by atoms with E-state index < -0.39 is 16.1 Å². The van der Waals surface area contributed by atoms with Gasteiger partial charge in [-0.15, -0.1) is 0 Å². The number of amides is 2. The van der Waals surface area contributed by atoms with E-state index in [9.17, 15) is 18.0 Å². The van der Waals surface area contributed by atoms with Crippen molar-refractivity contribution in [2.45, 2.75) is 56.9 Å². The molecule has 0 spiro atoms. The predicted molar refractivity (Wildman–Crippen MR) is 114 cm³/mol. The third-order valence-corrected chi connectivity index (χ3v) is 7.49. The normalized spacial score (nSPS) is 19.5. The summed E-state index contributed by atoms with van der Waals surface area (Å²) < 4.78 is 32.8. The minimum atomic E-state index is -3.57. The fourth-order valence-corrected chi connectivity index (χ4v) is 5.66. The molecule has 1 fully saturated rings. The monoisotopic (exact) mass is 437 g/mol. The average Bonchev–Trinajstić information content (AvgIpc) is 3.13. The van der Waals surface area contributed by atoms with Crippen molar-refractivity contribution in [2.24, 2.45) is 0 Å². The number of anilines is 1. The zero-order valence-electron chi connectivity index (χ0n) is 17.7. The minimum absolute atomic E-state index is 0.226. The minimum Gasteiger partial charge on any atom is -0.382 e. The van der Waals surface area contributed by atoms with E-state index in [1.54, 1.807) is 18.2 Å². The van der Waals surface area contributed by atoms with E-state index in [0.717, 1.165) is 19.3 Å². The fraction of sp³-hybridized carbons (Fsp3) is 0.619. The van der Waals surface area contributed by atoms with Gasteiger partial charge < -0.3 is 10.1 Å². The molecule has 2 amide bonds. The second-order valence-electron chi connectivity index (χ2n) is 7.71. The number of piperidine rings is 1. The van der Waals surface area contributed by atoms with Gasteiger partial charge in [0.15, 0.2) is 0 Å². The van der Waals surface area contributed by atoms with E-state index in [1.807, 2.05) is 6.92 Å². The summed E-state index contributed by atoms with van der Waals surface area (Å²) in [6, 6.07) is 4.15. The van der Waals surface area contributed by atoms with Gasteiger partial charge >= 0.3 is 0 Å². The Hall–Kier alpha value is -1.97. The summed E-state index contributed by atoms with van der Waals surface area (Å²) in [6.45, 7) is 6.06.